The van der Waals surface area contributed by atoms with Crippen LogP contribution in [0.2, 0.25) is 0 Å². The van der Waals surface area contributed by atoms with Gasteiger partial charge in [0.2, 0.25) is 0 Å². The molecule has 0 aromatic carbocycles. The minimum absolute atomic E-state index is 0.0499. The molecule has 6 nitrogen and oxygen atoms in total. The third-order valence-electron chi connectivity index (χ3n) is 6.02. The van der Waals surface area contributed by atoms with Gasteiger partial charge in [0.25, 0.3) is 11.8 Å². The fourth-order valence-electron chi connectivity index (χ4n) is 4.26. The Labute approximate surface area is 152 Å². The highest BCUT2D eigenvalue weighted by molar-refractivity contribution is 5.94. The van der Waals surface area contributed by atoms with E-state index in [1.165, 1.54) is 0 Å². The highest BCUT2D eigenvalue weighted by Gasteiger charge is 2.49. The zero-order valence-corrected chi connectivity index (χ0v) is 14.7. The molecule has 3 fully saturated rings. The van der Waals surface area contributed by atoms with Gasteiger partial charge in [0.1, 0.15) is 0 Å². The molecule has 26 heavy (non-hydrogen) atoms. The average molecular weight is 361 g/mol. The van der Waals surface area contributed by atoms with Gasteiger partial charge in [-0.05, 0) is 43.7 Å². The number of rotatable bonds is 4. The van der Waals surface area contributed by atoms with Gasteiger partial charge in [-0.2, -0.15) is 0 Å². The van der Waals surface area contributed by atoms with Gasteiger partial charge in [0, 0.05) is 43.5 Å². The zero-order chi connectivity index (χ0) is 18.1. The number of pyridine rings is 1. The van der Waals surface area contributed by atoms with Crippen LogP contribution in [0.25, 0.3) is 0 Å². The largest absolute Gasteiger partial charge is 0.376 e. The fraction of sp³-hybridized carbons (Fsp3) is 0.632. The summed E-state index contributed by atoms with van der Waals surface area (Å²) in [7, 11) is 0. The molecule has 0 spiro atoms. The van der Waals surface area contributed by atoms with Crippen LogP contribution in [0.5, 0.6) is 0 Å². The van der Waals surface area contributed by atoms with Gasteiger partial charge in [-0.1, -0.05) is 0 Å². The number of carbonyl (C=O) groups excluding carboxylic acids is 2. The normalized spacial score (nSPS) is 29.6. The van der Waals surface area contributed by atoms with Gasteiger partial charge in [0.05, 0.1) is 12.7 Å². The van der Waals surface area contributed by atoms with E-state index in [1.807, 2.05) is 0 Å². The third kappa shape index (κ3) is 3.20. The Bertz CT molecular complexity index is 680. The number of nitrogens with zero attached hydrogens (tertiary/aromatic N) is 2. The van der Waals surface area contributed by atoms with E-state index >= 15 is 0 Å². The number of fused-ring (bicyclic) bond motifs is 1. The van der Waals surface area contributed by atoms with E-state index in [9.17, 15) is 14.0 Å². The predicted molar refractivity (Wildman–Crippen MR) is 92.2 cm³/mol. The van der Waals surface area contributed by atoms with Gasteiger partial charge in [-0.25, -0.2) is 4.39 Å². The SMILES string of the molecule is O=C(NC[C@@H]1OC[C@@H]2CN(C(=O)C3(F)CCC3)CC[C@@H]21)c1ccncc1. The number of hydrogen-bond acceptors (Lipinski definition) is 4. The van der Waals surface area contributed by atoms with Crippen LogP contribution >= 0.6 is 0 Å². The first-order valence-corrected chi connectivity index (χ1v) is 9.35. The van der Waals surface area contributed by atoms with Crippen molar-refractivity contribution in [1.29, 1.82) is 0 Å². The van der Waals surface area contributed by atoms with Crippen LogP contribution in [0.4, 0.5) is 4.39 Å². The minimum Gasteiger partial charge on any atom is -0.376 e. The van der Waals surface area contributed by atoms with E-state index in [2.05, 4.69) is 10.3 Å². The lowest BCUT2D eigenvalue weighted by Crippen LogP contribution is -2.54. The molecular weight excluding hydrogens is 337 g/mol. The van der Waals surface area contributed by atoms with Gasteiger partial charge in [-0.3, -0.25) is 14.6 Å². The molecule has 1 N–H and O–H groups in total. The van der Waals surface area contributed by atoms with E-state index in [1.54, 1.807) is 29.4 Å². The molecule has 0 radical (unpaired) electrons. The van der Waals surface area contributed by atoms with E-state index in [0.29, 0.717) is 50.6 Å². The van der Waals surface area contributed by atoms with Crippen LogP contribution in [0, 0.1) is 11.8 Å². The van der Waals surface area contributed by atoms with E-state index in [0.717, 1.165) is 12.8 Å². The summed E-state index contributed by atoms with van der Waals surface area (Å²) in [6.45, 7) is 2.14. The third-order valence-corrected chi connectivity index (χ3v) is 6.02. The Morgan fingerprint density at radius 1 is 1.35 bits per heavy atom. The molecule has 3 aliphatic rings. The van der Waals surface area contributed by atoms with Crippen LogP contribution in [0.1, 0.15) is 36.0 Å². The number of hydrogen-bond donors (Lipinski definition) is 1. The summed E-state index contributed by atoms with van der Waals surface area (Å²) >= 11 is 0. The first kappa shape index (κ1) is 17.4. The second-order valence-corrected chi connectivity index (χ2v) is 7.60. The Hall–Kier alpha value is -2.02. The quantitative estimate of drug-likeness (QED) is 0.884. The maximum absolute atomic E-state index is 14.4. The topological polar surface area (TPSA) is 71.5 Å². The molecule has 1 aromatic rings. The summed E-state index contributed by atoms with van der Waals surface area (Å²) in [6.07, 6.45) is 5.43. The molecule has 3 atom stereocenters. The highest BCUT2D eigenvalue weighted by Crippen LogP contribution is 2.40. The number of ether oxygens (including phenoxy) is 1. The fourth-order valence-corrected chi connectivity index (χ4v) is 4.26. The van der Waals surface area contributed by atoms with Crippen molar-refractivity contribution in [3.8, 4) is 0 Å². The van der Waals surface area contributed by atoms with Crippen molar-refractivity contribution in [2.45, 2.75) is 37.5 Å². The van der Waals surface area contributed by atoms with E-state index in [-0.39, 0.29) is 23.8 Å². The van der Waals surface area contributed by atoms with Gasteiger partial charge < -0.3 is 15.0 Å². The number of piperidine rings is 1. The summed E-state index contributed by atoms with van der Waals surface area (Å²) in [6, 6.07) is 3.34. The van der Waals surface area contributed by atoms with E-state index in [4.69, 9.17) is 4.74 Å². The second-order valence-electron chi connectivity index (χ2n) is 7.60. The molecule has 0 bridgehead atoms. The molecule has 140 valence electrons. The average Bonchev–Trinajstić information content (AvgIpc) is 3.06. The lowest BCUT2D eigenvalue weighted by Gasteiger charge is -2.41. The Morgan fingerprint density at radius 3 is 2.81 bits per heavy atom. The molecule has 4 rings (SSSR count). The number of alkyl halides is 1. The predicted octanol–water partition coefficient (Wildman–Crippen LogP) is 1.57. The lowest BCUT2D eigenvalue weighted by molar-refractivity contribution is -0.152. The first-order valence-electron chi connectivity index (χ1n) is 9.35. The minimum atomic E-state index is -1.62. The molecule has 3 heterocycles. The lowest BCUT2D eigenvalue weighted by atomic mass is 9.79. The van der Waals surface area contributed by atoms with Crippen LogP contribution in [-0.2, 0) is 9.53 Å². The summed E-state index contributed by atoms with van der Waals surface area (Å²) in [5.74, 6) is 0.0426. The Morgan fingerprint density at radius 2 is 2.12 bits per heavy atom. The highest BCUT2D eigenvalue weighted by atomic mass is 19.1. The zero-order valence-electron chi connectivity index (χ0n) is 14.7. The van der Waals surface area contributed by atoms with Crippen molar-refractivity contribution in [2.24, 2.45) is 11.8 Å². The molecule has 1 aliphatic carbocycles. The molecule has 1 saturated carbocycles. The van der Waals surface area contributed by atoms with Crippen molar-refractivity contribution in [2.75, 3.05) is 26.2 Å². The summed E-state index contributed by atoms with van der Waals surface area (Å²) < 4.78 is 20.3. The van der Waals surface area contributed by atoms with Crippen LogP contribution < -0.4 is 5.32 Å². The number of amides is 2. The molecule has 2 amide bonds. The standard InChI is InChI=1S/C19H24FN3O3/c20-19(5-1-6-19)18(25)23-9-4-15-14(11-23)12-26-16(15)10-22-17(24)13-2-7-21-8-3-13/h2-3,7-8,14-16H,1,4-6,9-12H2,(H,22,24)/t14-,15-,16-/m0/s1. The summed E-state index contributed by atoms with van der Waals surface area (Å²) in [4.78, 5) is 30.1. The first-order chi connectivity index (χ1) is 12.6. The molecule has 1 aromatic heterocycles. The van der Waals surface area contributed by atoms with Crippen molar-refractivity contribution in [3.63, 3.8) is 0 Å². The number of carbonyl (C=O) groups is 2. The number of aromatic nitrogens is 1. The van der Waals surface area contributed by atoms with Crippen molar-refractivity contribution in [1.82, 2.24) is 15.2 Å². The summed E-state index contributed by atoms with van der Waals surface area (Å²) in [5, 5.41) is 2.92. The second kappa shape index (κ2) is 6.95. The van der Waals surface area contributed by atoms with Crippen molar-refractivity contribution in [3.05, 3.63) is 30.1 Å². The van der Waals surface area contributed by atoms with Gasteiger partial charge >= 0.3 is 0 Å². The molecule has 2 saturated heterocycles. The smallest absolute Gasteiger partial charge is 0.260 e. The number of nitrogens with one attached hydrogen (secondary N) is 1. The van der Waals surface area contributed by atoms with Gasteiger partial charge in [-0.15, -0.1) is 0 Å². The van der Waals surface area contributed by atoms with Gasteiger partial charge in [0.15, 0.2) is 5.67 Å². The summed E-state index contributed by atoms with van der Waals surface area (Å²) in [5.41, 5.74) is -1.05. The van der Waals surface area contributed by atoms with Crippen molar-refractivity contribution >= 4 is 11.8 Å². The molecule has 0 unspecified atom stereocenters. The van der Waals surface area contributed by atoms with Crippen LogP contribution in [-0.4, -0.2) is 59.7 Å². The number of likely N-dealkylation sites (tertiary alicyclic amines) is 1. The molecular formula is C19H24FN3O3. The molecule has 2 aliphatic heterocycles. The maximum Gasteiger partial charge on any atom is 0.260 e. The molecule has 7 heteroatoms. The monoisotopic (exact) mass is 361 g/mol. The Balaban J connectivity index is 1.30. The van der Waals surface area contributed by atoms with Crippen molar-refractivity contribution < 1.29 is 18.7 Å². The Kier molecular flexibility index (Phi) is 4.65. The maximum atomic E-state index is 14.4. The number of halogens is 1. The van der Waals surface area contributed by atoms with Crippen LogP contribution in [0.15, 0.2) is 24.5 Å². The van der Waals surface area contributed by atoms with E-state index < -0.39 is 5.67 Å². The van der Waals surface area contributed by atoms with Crippen LogP contribution in [0.3, 0.4) is 0 Å².